The minimum atomic E-state index is -0.370. The zero-order chi connectivity index (χ0) is 13.7. The Balaban J connectivity index is 2.96. The summed E-state index contributed by atoms with van der Waals surface area (Å²) < 4.78 is 0. The molecule has 2 N–H and O–H groups in total. The van der Waals surface area contributed by atoms with Crippen molar-refractivity contribution in [2.24, 2.45) is 17.6 Å². The summed E-state index contributed by atoms with van der Waals surface area (Å²) in [6, 6.07) is 7.57. The van der Waals surface area contributed by atoms with Gasteiger partial charge in [0.15, 0.2) is 0 Å². The highest BCUT2D eigenvalue weighted by molar-refractivity contribution is 5.93. The van der Waals surface area contributed by atoms with Crippen molar-refractivity contribution in [2.45, 2.75) is 27.7 Å². The maximum absolute atomic E-state index is 11.2. The monoisotopic (exact) mass is 248 g/mol. The minimum absolute atomic E-state index is 0.370. The second-order valence-corrected chi connectivity index (χ2v) is 5.61. The van der Waals surface area contributed by atoms with Gasteiger partial charge in [-0.2, -0.15) is 0 Å². The van der Waals surface area contributed by atoms with Crippen LogP contribution in [0.3, 0.4) is 0 Å². The van der Waals surface area contributed by atoms with Gasteiger partial charge in [0.1, 0.15) is 0 Å². The fourth-order valence-corrected chi connectivity index (χ4v) is 2.02. The molecule has 0 saturated heterocycles. The van der Waals surface area contributed by atoms with Crippen molar-refractivity contribution in [3.8, 4) is 0 Å². The molecule has 1 aromatic rings. The normalized spacial score (nSPS) is 11.0. The van der Waals surface area contributed by atoms with E-state index in [0.717, 1.165) is 18.8 Å². The Bertz CT molecular complexity index is 389. The Kier molecular flexibility index (Phi) is 5.20. The van der Waals surface area contributed by atoms with Gasteiger partial charge in [-0.3, -0.25) is 4.79 Å². The minimum Gasteiger partial charge on any atom is -0.371 e. The van der Waals surface area contributed by atoms with Gasteiger partial charge in [-0.1, -0.05) is 33.8 Å². The van der Waals surface area contributed by atoms with Crippen molar-refractivity contribution >= 4 is 11.6 Å². The van der Waals surface area contributed by atoms with Crippen molar-refractivity contribution < 1.29 is 4.79 Å². The highest BCUT2D eigenvalue weighted by Gasteiger charge is 2.11. The molecule has 0 fully saturated rings. The maximum atomic E-state index is 11.2. The summed E-state index contributed by atoms with van der Waals surface area (Å²) in [5, 5.41) is 0. The summed E-state index contributed by atoms with van der Waals surface area (Å²) >= 11 is 0. The molecule has 0 saturated carbocycles. The molecule has 1 rings (SSSR count). The highest BCUT2D eigenvalue weighted by Crippen LogP contribution is 2.19. The van der Waals surface area contributed by atoms with Gasteiger partial charge in [-0.25, -0.2) is 0 Å². The molecule has 0 aliphatic rings. The number of hydrogen-bond donors (Lipinski definition) is 1. The zero-order valence-electron chi connectivity index (χ0n) is 11.8. The van der Waals surface area contributed by atoms with Gasteiger partial charge >= 0.3 is 0 Å². The second kappa shape index (κ2) is 6.43. The lowest BCUT2D eigenvalue weighted by molar-refractivity contribution is 0.100. The largest absolute Gasteiger partial charge is 0.371 e. The third-order valence-electron chi connectivity index (χ3n) is 2.67. The Labute approximate surface area is 110 Å². The van der Waals surface area contributed by atoms with E-state index in [1.165, 1.54) is 0 Å². The predicted molar refractivity (Wildman–Crippen MR) is 76.8 cm³/mol. The molecule has 100 valence electrons. The SMILES string of the molecule is CC(C)CN(CC(C)C)c1cccc(C(N)=O)c1. The second-order valence-electron chi connectivity index (χ2n) is 5.61. The third kappa shape index (κ3) is 4.40. The van der Waals surface area contributed by atoms with Crippen LogP contribution in [0.4, 0.5) is 5.69 Å². The van der Waals surface area contributed by atoms with Gasteiger partial charge < -0.3 is 10.6 Å². The fraction of sp³-hybridized carbons (Fsp3) is 0.533. The number of carbonyl (C=O) groups excluding carboxylic acids is 1. The predicted octanol–water partition coefficient (Wildman–Crippen LogP) is 2.90. The van der Waals surface area contributed by atoms with Gasteiger partial charge in [-0.15, -0.1) is 0 Å². The molecule has 1 aromatic carbocycles. The van der Waals surface area contributed by atoms with Crippen LogP contribution in [0.1, 0.15) is 38.1 Å². The first kappa shape index (κ1) is 14.6. The zero-order valence-corrected chi connectivity index (χ0v) is 11.8. The molecule has 0 atom stereocenters. The molecule has 0 aromatic heterocycles. The van der Waals surface area contributed by atoms with Crippen molar-refractivity contribution in [1.29, 1.82) is 0 Å². The van der Waals surface area contributed by atoms with Gasteiger partial charge in [0.2, 0.25) is 5.91 Å². The van der Waals surface area contributed by atoms with Crippen LogP contribution in [0.2, 0.25) is 0 Å². The molecular weight excluding hydrogens is 224 g/mol. The van der Waals surface area contributed by atoms with Crippen LogP contribution in [0.5, 0.6) is 0 Å². The Morgan fingerprint density at radius 3 is 2.17 bits per heavy atom. The number of primary amides is 1. The number of rotatable bonds is 6. The van der Waals surface area contributed by atoms with Crippen molar-refractivity contribution in [1.82, 2.24) is 0 Å². The summed E-state index contributed by atoms with van der Waals surface area (Å²) in [7, 11) is 0. The Hall–Kier alpha value is -1.51. The van der Waals surface area contributed by atoms with Crippen LogP contribution < -0.4 is 10.6 Å². The van der Waals surface area contributed by atoms with Crippen molar-refractivity contribution in [3.63, 3.8) is 0 Å². The number of carbonyl (C=O) groups is 1. The molecule has 0 bridgehead atoms. The average molecular weight is 248 g/mol. The van der Waals surface area contributed by atoms with E-state index in [-0.39, 0.29) is 5.91 Å². The number of nitrogens with zero attached hydrogens (tertiary/aromatic N) is 1. The van der Waals surface area contributed by atoms with E-state index >= 15 is 0 Å². The molecule has 1 amide bonds. The molecule has 0 heterocycles. The summed E-state index contributed by atoms with van der Waals surface area (Å²) in [5.41, 5.74) is 6.98. The van der Waals surface area contributed by atoms with Crippen LogP contribution >= 0.6 is 0 Å². The molecule has 0 radical (unpaired) electrons. The van der Waals surface area contributed by atoms with Crippen LogP contribution in [0, 0.1) is 11.8 Å². The lowest BCUT2D eigenvalue weighted by Crippen LogP contribution is -2.31. The van der Waals surface area contributed by atoms with E-state index < -0.39 is 0 Å². The molecule has 0 unspecified atom stereocenters. The number of amides is 1. The van der Waals surface area contributed by atoms with E-state index in [2.05, 4.69) is 32.6 Å². The van der Waals surface area contributed by atoms with E-state index in [9.17, 15) is 4.79 Å². The van der Waals surface area contributed by atoms with E-state index in [4.69, 9.17) is 5.73 Å². The topological polar surface area (TPSA) is 46.3 Å². The molecule has 3 heteroatoms. The number of nitrogens with two attached hydrogens (primary N) is 1. The first-order valence-corrected chi connectivity index (χ1v) is 6.55. The van der Waals surface area contributed by atoms with E-state index in [0.29, 0.717) is 17.4 Å². The lowest BCUT2D eigenvalue weighted by Gasteiger charge is -2.28. The molecule has 18 heavy (non-hydrogen) atoms. The summed E-state index contributed by atoms with van der Waals surface area (Å²) in [4.78, 5) is 13.5. The van der Waals surface area contributed by atoms with Gasteiger partial charge in [0.25, 0.3) is 0 Å². The Morgan fingerprint density at radius 1 is 1.17 bits per heavy atom. The van der Waals surface area contributed by atoms with Gasteiger partial charge in [-0.05, 0) is 30.0 Å². The van der Waals surface area contributed by atoms with E-state index in [1.807, 2.05) is 18.2 Å². The maximum Gasteiger partial charge on any atom is 0.248 e. The summed E-state index contributed by atoms with van der Waals surface area (Å²) in [6.45, 7) is 10.8. The first-order valence-electron chi connectivity index (χ1n) is 6.55. The van der Waals surface area contributed by atoms with Crippen LogP contribution in [0.15, 0.2) is 24.3 Å². The fourth-order valence-electron chi connectivity index (χ4n) is 2.02. The number of benzene rings is 1. The van der Waals surface area contributed by atoms with Crippen molar-refractivity contribution in [3.05, 3.63) is 29.8 Å². The van der Waals surface area contributed by atoms with E-state index in [1.54, 1.807) is 6.07 Å². The summed E-state index contributed by atoms with van der Waals surface area (Å²) in [6.07, 6.45) is 0. The molecule has 0 aliphatic heterocycles. The molecule has 3 nitrogen and oxygen atoms in total. The van der Waals surface area contributed by atoms with Crippen LogP contribution in [-0.4, -0.2) is 19.0 Å². The quantitative estimate of drug-likeness (QED) is 0.841. The van der Waals surface area contributed by atoms with Gasteiger partial charge in [0.05, 0.1) is 0 Å². The standard InChI is InChI=1S/C15H24N2O/c1-11(2)9-17(10-12(3)4)14-7-5-6-13(8-14)15(16)18/h5-8,11-12H,9-10H2,1-4H3,(H2,16,18). The number of anilines is 1. The van der Waals surface area contributed by atoms with Crippen LogP contribution in [0.25, 0.3) is 0 Å². The number of hydrogen-bond acceptors (Lipinski definition) is 2. The molecule has 0 aliphatic carbocycles. The molecule has 0 spiro atoms. The first-order chi connectivity index (χ1) is 8.40. The Morgan fingerprint density at radius 2 is 1.72 bits per heavy atom. The highest BCUT2D eigenvalue weighted by atomic mass is 16.1. The van der Waals surface area contributed by atoms with Crippen LogP contribution in [-0.2, 0) is 0 Å². The third-order valence-corrected chi connectivity index (χ3v) is 2.67. The molecular formula is C15H24N2O. The van der Waals surface area contributed by atoms with Crippen molar-refractivity contribution in [2.75, 3.05) is 18.0 Å². The van der Waals surface area contributed by atoms with Gasteiger partial charge in [0, 0.05) is 24.3 Å². The lowest BCUT2D eigenvalue weighted by atomic mass is 10.1. The summed E-state index contributed by atoms with van der Waals surface area (Å²) in [5.74, 6) is 0.799. The smallest absolute Gasteiger partial charge is 0.248 e. The average Bonchev–Trinajstić information content (AvgIpc) is 2.27.